The molecule has 2 aromatic carbocycles. The van der Waals surface area contributed by atoms with Crippen molar-refractivity contribution in [2.75, 3.05) is 26.2 Å². The van der Waals surface area contributed by atoms with Crippen molar-refractivity contribution >= 4 is 6.03 Å². The number of amides is 2. The fourth-order valence-corrected chi connectivity index (χ4v) is 7.68. The molecule has 2 amide bonds. The summed E-state index contributed by atoms with van der Waals surface area (Å²) in [6, 6.07) is 21.1. The van der Waals surface area contributed by atoms with E-state index in [1.54, 1.807) is 17.0 Å². The SMILES string of the molecule is O=C(N1CC[C@@H](Cn2cnc(-c3ccccc3)cc2=O)C2(CCCC2)C1)N1CC[C@@H](NCC(F)F)C[C@H]1c1ccccc1. The molecule has 228 valence electrons. The van der Waals surface area contributed by atoms with Gasteiger partial charge in [0.1, 0.15) is 0 Å². The van der Waals surface area contributed by atoms with Crippen LogP contribution in [0, 0.1) is 11.3 Å². The maximum absolute atomic E-state index is 14.2. The number of halogens is 2. The van der Waals surface area contributed by atoms with Crippen molar-refractivity contribution in [2.24, 2.45) is 11.3 Å². The number of aromatic nitrogens is 2. The molecule has 43 heavy (non-hydrogen) atoms. The number of rotatable bonds is 7. The summed E-state index contributed by atoms with van der Waals surface area (Å²) in [5.74, 6) is 0.287. The van der Waals surface area contributed by atoms with Crippen LogP contribution in [0.2, 0.25) is 0 Å². The molecule has 6 rings (SSSR count). The molecule has 0 unspecified atom stereocenters. The predicted octanol–water partition coefficient (Wildman–Crippen LogP) is 5.97. The lowest BCUT2D eigenvalue weighted by Gasteiger charge is -2.49. The van der Waals surface area contributed by atoms with Gasteiger partial charge in [-0.25, -0.2) is 18.6 Å². The van der Waals surface area contributed by atoms with Gasteiger partial charge >= 0.3 is 6.03 Å². The lowest BCUT2D eigenvalue weighted by atomic mass is 9.69. The number of hydrogen-bond acceptors (Lipinski definition) is 4. The third-order valence-corrected chi connectivity index (χ3v) is 9.95. The van der Waals surface area contributed by atoms with E-state index in [4.69, 9.17) is 0 Å². The Hall–Kier alpha value is -3.59. The molecular formula is C34H41F2N5O2. The second-order valence-electron chi connectivity index (χ2n) is 12.5. The van der Waals surface area contributed by atoms with Crippen molar-refractivity contribution in [2.45, 2.75) is 70.0 Å². The highest BCUT2D eigenvalue weighted by atomic mass is 19.3. The van der Waals surface area contributed by atoms with Crippen LogP contribution < -0.4 is 10.9 Å². The molecule has 3 fully saturated rings. The van der Waals surface area contributed by atoms with Crippen molar-refractivity contribution in [3.8, 4) is 11.3 Å². The number of nitrogens with zero attached hydrogens (tertiary/aromatic N) is 4. The first-order valence-electron chi connectivity index (χ1n) is 15.7. The second-order valence-corrected chi connectivity index (χ2v) is 12.5. The van der Waals surface area contributed by atoms with Crippen LogP contribution in [0.1, 0.15) is 56.6 Å². The average Bonchev–Trinajstić information content (AvgIpc) is 3.51. The molecule has 0 radical (unpaired) electrons. The summed E-state index contributed by atoms with van der Waals surface area (Å²) in [4.78, 5) is 35.9. The van der Waals surface area contributed by atoms with Crippen molar-refractivity contribution in [1.29, 1.82) is 0 Å². The Balaban J connectivity index is 1.17. The topological polar surface area (TPSA) is 70.5 Å². The minimum atomic E-state index is -2.40. The van der Waals surface area contributed by atoms with Crippen LogP contribution >= 0.6 is 0 Å². The number of alkyl halides is 2. The molecule has 7 nitrogen and oxygen atoms in total. The zero-order valence-corrected chi connectivity index (χ0v) is 24.6. The van der Waals surface area contributed by atoms with Crippen LogP contribution in [-0.4, -0.2) is 64.0 Å². The molecule has 1 N–H and O–H groups in total. The van der Waals surface area contributed by atoms with Crippen molar-refractivity contribution in [1.82, 2.24) is 24.7 Å². The van der Waals surface area contributed by atoms with Gasteiger partial charge in [0.15, 0.2) is 0 Å². The Morgan fingerprint density at radius 2 is 1.72 bits per heavy atom. The number of piperidine rings is 2. The first kappa shape index (κ1) is 29.5. The smallest absolute Gasteiger partial charge is 0.320 e. The molecule has 0 bridgehead atoms. The normalized spacial score (nSPS) is 23.7. The van der Waals surface area contributed by atoms with Gasteiger partial charge in [-0.15, -0.1) is 0 Å². The van der Waals surface area contributed by atoms with Gasteiger partial charge in [0.25, 0.3) is 12.0 Å². The minimum Gasteiger partial charge on any atom is -0.324 e. The lowest BCUT2D eigenvalue weighted by molar-refractivity contribution is 0.0201. The summed E-state index contributed by atoms with van der Waals surface area (Å²) >= 11 is 0. The molecule has 3 aliphatic rings. The van der Waals surface area contributed by atoms with Crippen molar-refractivity contribution < 1.29 is 13.6 Å². The number of urea groups is 1. The van der Waals surface area contributed by atoms with Gasteiger partial charge in [-0.1, -0.05) is 73.5 Å². The molecule has 1 aliphatic carbocycles. The van der Waals surface area contributed by atoms with E-state index in [0.29, 0.717) is 44.7 Å². The molecule has 1 aromatic heterocycles. The van der Waals surface area contributed by atoms with Crippen LogP contribution in [0.25, 0.3) is 11.3 Å². The average molecular weight is 590 g/mol. The Kier molecular flexibility index (Phi) is 8.88. The molecule has 3 aromatic rings. The van der Waals surface area contributed by atoms with E-state index in [-0.39, 0.29) is 41.6 Å². The van der Waals surface area contributed by atoms with Crippen LogP contribution in [0.15, 0.2) is 77.9 Å². The van der Waals surface area contributed by atoms with Gasteiger partial charge in [0.05, 0.1) is 24.6 Å². The standard InChI is InChI=1S/C34H41F2N5O2/c35-31(36)21-37-28-14-18-41(30(19-28)26-11-5-2-6-12-26)33(43)39-17-13-27(34(23-39)15-7-8-16-34)22-40-24-38-29(20-32(40)42)25-9-3-1-4-10-25/h1-6,9-12,20,24,27-28,30-31,37H,7-8,13-19,21-23H2/t27-,28+,30-/m0/s1. The van der Waals surface area contributed by atoms with Crippen LogP contribution in [-0.2, 0) is 6.54 Å². The quantitative estimate of drug-likeness (QED) is 0.369. The van der Waals surface area contributed by atoms with Gasteiger partial charge in [0, 0.05) is 43.9 Å². The largest absolute Gasteiger partial charge is 0.324 e. The number of hydrogen-bond donors (Lipinski definition) is 1. The Labute approximate surface area is 251 Å². The number of carbonyl (C=O) groups is 1. The lowest BCUT2D eigenvalue weighted by Crippen LogP contribution is -2.57. The van der Waals surface area contributed by atoms with Gasteiger partial charge in [-0.05, 0) is 49.0 Å². The van der Waals surface area contributed by atoms with E-state index in [2.05, 4.69) is 10.3 Å². The van der Waals surface area contributed by atoms with Gasteiger partial charge in [-0.3, -0.25) is 9.36 Å². The van der Waals surface area contributed by atoms with E-state index in [1.165, 1.54) is 0 Å². The zero-order chi connectivity index (χ0) is 29.8. The highest BCUT2D eigenvalue weighted by Crippen LogP contribution is 2.49. The van der Waals surface area contributed by atoms with Crippen LogP contribution in [0.4, 0.5) is 13.6 Å². The zero-order valence-electron chi connectivity index (χ0n) is 24.6. The number of likely N-dealkylation sites (tertiary alicyclic amines) is 2. The maximum Gasteiger partial charge on any atom is 0.320 e. The Morgan fingerprint density at radius 1 is 1.00 bits per heavy atom. The van der Waals surface area contributed by atoms with E-state index < -0.39 is 6.43 Å². The predicted molar refractivity (Wildman–Crippen MR) is 163 cm³/mol. The highest BCUT2D eigenvalue weighted by Gasteiger charge is 2.47. The van der Waals surface area contributed by atoms with Crippen molar-refractivity contribution in [3.05, 3.63) is 89.0 Å². The molecule has 2 aliphatic heterocycles. The molecule has 1 saturated carbocycles. The first-order chi connectivity index (χ1) is 20.9. The molecule has 1 spiro atoms. The summed E-state index contributed by atoms with van der Waals surface area (Å²) in [7, 11) is 0. The third kappa shape index (κ3) is 6.51. The summed E-state index contributed by atoms with van der Waals surface area (Å²) in [5.41, 5.74) is 2.57. The summed E-state index contributed by atoms with van der Waals surface area (Å²) < 4.78 is 27.6. The highest BCUT2D eigenvalue weighted by molar-refractivity contribution is 5.75. The molecule has 2 saturated heterocycles. The summed E-state index contributed by atoms with van der Waals surface area (Å²) in [6.45, 7) is 2.13. The fraction of sp³-hybridized carbons (Fsp3) is 0.500. The first-order valence-corrected chi connectivity index (χ1v) is 15.7. The monoisotopic (exact) mass is 589 g/mol. The third-order valence-electron chi connectivity index (χ3n) is 9.95. The van der Waals surface area contributed by atoms with Gasteiger partial charge in [0.2, 0.25) is 0 Å². The van der Waals surface area contributed by atoms with Crippen molar-refractivity contribution in [3.63, 3.8) is 0 Å². The van der Waals surface area contributed by atoms with Gasteiger partial charge in [-0.2, -0.15) is 0 Å². The van der Waals surface area contributed by atoms with Crippen LogP contribution in [0.3, 0.4) is 0 Å². The van der Waals surface area contributed by atoms with E-state index in [1.807, 2.05) is 70.5 Å². The molecule has 9 heteroatoms. The van der Waals surface area contributed by atoms with Crippen LogP contribution in [0.5, 0.6) is 0 Å². The number of benzene rings is 2. The Morgan fingerprint density at radius 3 is 2.42 bits per heavy atom. The van der Waals surface area contributed by atoms with Gasteiger partial charge < -0.3 is 15.1 Å². The number of carbonyl (C=O) groups excluding carboxylic acids is 1. The van der Waals surface area contributed by atoms with E-state index >= 15 is 0 Å². The molecule has 3 heterocycles. The fourth-order valence-electron chi connectivity index (χ4n) is 7.68. The van der Waals surface area contributed by atoms with E-state index in [0.717, 1.165) is 43.2 Å². The number of nitrogens with one attached hydrogen (secondary N) is 1. The Bertz CT molecular complexity index is 1430. The molecule has 3 atom stereocenters. The van der Waals surface area contributed by atoms with E-state index in [9.17, 15) is 18.4 Å². The summed E-state index contributed by atoms with van der Waals surface area (Å²) in [6.07, 6.45) is 5.74. The molecular weight excluding hydrogens is 548 g/mol. The summed E-state index contributed by atoms with van der Waals surface area (Å²) in [5, 5.41) is 3.01. The second kappa shape index (κ2) is 13.0. The maximum atomic E-state index is 14.2. The minimum absolute atomic E-state index is 0.0230.